The number of nitrogens with zero attached hydrogens (tertiary/aromatic N) is 3. The van der Waals surface area contributed by atoms with Gasteiger partial charge < -0.3 is 9.64 Å². The predicted octanol–water partition coefficient (Wildman–Crippen LogP) is 7.02. The Balaban J connectivity index is 1.67. The minimum atomic E-state index is -4.35. The van der Waals surface area contributed by atoms with Crippen molar-refractivity contribution in [1.82, 2.24) is 3.97 Å². The maximum absolute atomic E-state index is 14.8. The number of benzene rings is 3. The number of aryl methyl sites for hydroxylation is 1. The van der Waals surface area contributed by atoms with E-state index in [1.165, 1.54) is 30.6 Å². The summed E-state index contributed by atoms with van der Waals surface area (Å²) in [6.07, 6.45) is 0. The molecule has 42 heavy (non-hydrogen) atoms. The van der Waals surface area contributed by atoms with Crippen LogP contribution in [0.5, 0.6) is 0 Å². The lowest BCUT2D eigenvalue weighted by atomic mass is 9.97. The number of ether oxygens (including phenoxy) is 1. The van der Waals surface area contributed by atoms with Crippen LogP contribution in [0.25, 0.3) is 38.1 Å². The largest absolute Gasteiger partial charge is 0.469 e. The van der Waals surface area contributed by atoms with Gasteiger partial charge in [0.1, 0.15) is 0 Å². The van der Waals surface area contributed by atoms with Gasteiger partial charge in [0.2, 0.25) is 5.00 Å². The molecule has 3 aromatic carbocycles. The molecule has 0 amide bonds. The van der Waals surface area contributed by atoms with Crippen LogP contribution in [0.15, 0.2) is 77.0 Å². The molecule has 0 saturated carbocycles. The smallest absolute Gasteiger partial charge is 0.312 e. The van der Waals surface area contributed by atoms with Crippen molar-refractivity contribution in [2.24, 2.45) is 5.92 Å². The normalized spacial score (nSPS) is 13.6. The quantitative estimate of drug-likeness (QED) is 0.154. The maximum atomic E-state index is 14.8. The molecular weight excluding hydrogens is 580 g/mol. The molecule has 0 radical (unpaired) electrons. The molecule has 0 unspecified atom stereocenters. The average molecular weight is 604 g/mol. The standard InChI is InChI=1S/C31H23F2N3O4S2/c1-18-7-9-22(10-8-18)42(38,39)36-27-15-26(33)25(32)14-24(27)28(23-11-12-41-30(23)34-2)29(36)19-5-4-6-21(13-19)35-16-20(17-35)31(37)40-3/h4-15,20H,16-17H2,1,3H3. The van der Waals surface area contributed by atoms with Gasteiger partial charge in [0.25, 0.3) is 10.0 Å². The van der Waals surface area contributed by atoms with E-state index in [0.717, 1.165) is 27.4 Å². The van der Waals surface area contributed by atoms with E-state index in [4.69, 9.17) is 11.3 Å². The molecule has 7 nitrogen and oxygen atoms in total. The van der Waals surface area contributed by atoms with Crippen LogP contribution in [0.3, 0.4) is 0 Å². The molecule has 1 saturated heterocycles. The molecule has 0 N–H and O–H groups in total. The number of hydrogen-bond acceptors (Lipinski definition) is 6. The molecule has 212 valence electrons. The lowest BCUT2D eigenvalue weighted by Crippen LogP contribution is -2.50. The third kappa shape index (κ3) is 4.44. The van der Waals surface area contributed by atoms with Gasteiger partial charge in [-0.2, -0.15) is 11.3 Å². The van der Waals surface area contributed by atoms with E-state index in [1.807, 2.05) is 17.9 Å². The Morgan fingerprint density at radius 1 is 1.05 bits per heavy atom. The van der Waals surface area contributed by atoms with Crippen molar-refractivity contribution in [1.29, 1.82) is 0 Å². The van der Waals surface area contributed by atoms with Crippen LogP contribution in [0.4, 0.5) is 19.5 Å². The van der Waals surface area contributed by atoms with E-state index in [9.17, 15) is 22.0 Å². The summed E-state index contributed by atoms with van der Waals surface area (Å²) in [5.41, 5.74) is 2.88. The van der Waals surface area contributed by atoms with Gasteiger partial charge in [-0.15, -0.1) is 0 Å². The zero-order valence-electron chi connectivity index (χ0n) is 22.5. The zero-order valence-corrected chi connectivity index (χ0v) is 24.1. The number of carbonyl (C=O) groups excluding carboxylic acids is 1. The van der Waals surface area contributed by atoms with Gasteiger partial charge in [0.15, 0.2) is 11.6 Å². The van der Waals surface area contributed by atoms with E-state index in [-0.39, 0.29) is 38.4 Å². The van der Waals surface area contributed by atoms with Crippen LogP contribution in [-0.2, 0) is 19.6 Å². The fraction of sp³-hybridized carbons (Fsp3) is 0.161. The number of rotatable bonds is 6. The van der Waals surface area contributed by atoms with Crippen LogP contribution < -0.4 is 4.90 Å². The van der Waals surface area contributed by atoms with Crippen LogP contribution in [0, 0.1) is 31.0 Å². The molecule has 5 aromatic rings. The highest BCUT2D eigenvalue weighted by Crippen LogP contribution is 2.48. The van der Waals surface area contributed by atoms with Gasteiger partial charge in [0, 0.05) is 46.9 Å². The first-order valence-corrected chi connectivity index (χ1v) is 15.2. The van der Waals surface area contributed by atoms with E-state index in [0.29, 0.717) is 29.8 Å². The Kier molecular flexibility index (Phi) is 6.83. The van der Waals surface area contributed by atoms with Gasteiger partial charge in [-0.1, -0.05) is 35.9 Å². The third-order valence-electron chi connectivity index (χ3n) is 7.44. The second-order valence-corrected chi connectivity index (χ2v) is 12.7. The number of thiophene rings is 1. The monoisotopic (exact) mass is 603 g/mol. The number of methoxy groups -OCH3 is 1. The highest BCUT2D eigenvalue weighted by molar-refractivity contribution is 7.90. The molecule has 3 heterocycles. The Hall–Kier alpha value is -4.53. The molecule has 2 aromatic heterocycles. The van der Waals surface area contributed by atoms with Gasteiger partial charge >= 0.3 is 5.97 Å². The summed E-state index contributed by atoms with van der Waals surface area (Å²) in [4.78, 5) is 17.5. The topological polar surface area (TPSA) is 73.0 Å². The second-order valence-electron chi connectivity index (χ2n) is 10.0. The molecular formula is C31H23F2N3O4S2. The van der Waals surface area contributed by atoms with Crippen molar-refractivity contribution in [3.8, 4) is 22.4 Å². The molecule has 0 spiro atoms. The Labute approximate surface area is 245 Å². The van der Waals surface area contributed by atoms with Crippen molar-refractivity contribution in [3.05, 3.63) is 101 Å². The first-order chi connectivity index (χ1) is 20.1. The molecule has 11 heteroatoms. The Bertz CT molecular complexity index is 2020. The van der Waals surface area contributed by atoms with E-state index >= 15 is 0 Å². The maximum Gasteiger partial charge on any atom is 0.312 e. The van der Waals surface area contributed by atoms with Crippen LogP contribution in [-0.4, -0.2) is 38.6 Å². The van der Waals surface area contributed by atoms with Gasteiger partial charge in [-0.05, 0) is 42.6 Å². The predicted molar refractivity (Wildman–Crippen MR) is 158 cm³/mol. The Morgan fingerprint density at radius 3 is 2.45 bits per heavy atom. The molecule has 1 aliphatic rings. The van der Waals surface area contributed by atoms with Gasteiger partial charge in [0.05, 0.1) is 35.7 Å². The van der Waals surface area contributed by atoms with Crippen molar-refractivity contribution in [2.75, 3.05) is 25.1 Å². The number of fused-ring (bicyclic) bond motifs is 1. The summed E-state index contributed by atoms with van der Waals surface area (Å²) < 4.78 is 64.2. The van der Waals surface area contributed by atoms with Crippen molar-refractivity contribution in [3.63, 3.8) is 0 Å². The van der Waals surface area contributed by atoms with E-state index in [1.54, 1.807) is 41.8 Å². The van der Waals surface area contributed by atoms with Crippen molar-refractivity contribution < 1.29 is 26.7 Å². The summed E-state index contributed by atoms with van der Waals surface area (Å²) >= 11 is 1.17. The van der Waals surface area contributed by atoms with Gasteiger partial charge in [-0.25, -0.2) is 26.0 Å². The molecule has 0 bridgehead atoms. The lowest BCUT2D eigenvalue weighted by molar-refractivity contribution is -0.146. The molecule has 1 aliphatic heterocycles. The minimum absolute atomic E-state index is 0.0296. The SMILES string of the molecule is [C-]#[N+]c1sccc1-c1c(-c2cccc(N3CC(C(=O)OC)C3)c2)n(S(=O)(=O)c2ccc(C)cc2)c2cc(F)c(F)cc12. The zero-order chi connectivity index (χ0) is 29.8. The highest BCUT2D eigenvalue weighted by atomic mass is 32.2. The van der Waals surface area contributed by atoms with E-state index < -0.39 is 21.7 Å². The number of hydrogen-bond donors (Lipinski definition) is 0. The lowest BCUT2D eigenvalue weighted by Gasteiger charge is -2.39. The minimum Gasteiger partial charge on any atom is -0.469 e. The molecule has 6 rings (SSSR count). The first kappa shape index (κ1) is 27.6. The second kappa shape index (κ2) is 10.4. The number of anilines is 1. The summed E-state index contributed by atoms with van der Waals surface area (Å²) in [6, 6.07) is 16.9. The summed E-state index contributed by atoms with van der Waals surface area (Å²) in [7, 11) is -3.01. The summed E-state index contributed by atoms with van der Waals surface area (Å²) in [5, 5.41) is 2.14. The molecule has 1 fully saturated rings. The summed E-state index contributed by atoms with van der Waals surface area (Å²) in [5.74, 6) is -2.91. The Morgan fingerprint density at radius 2 is 1.76 bits per heavy atom. The van der Waals surface area contributed by atoms with E-state index in [2.05, 4.69) is 4.85 Å². The molecule has 0 aliphatic carbocycles. The highest BCUT2D eigenvalue weighted by Gasteiger charge is 2.35. The van der Waals surface area contributed by atoms with Crippen LogP contribution >= 0.6 is 11.3 Å². The number of carbonyl (C=O) groups is 1. The van der Waals surface area contributed by atoms with Crippen molar-refractivity contribution >= 4 is 48.9 Å². The average Bonchev–Trinajstić information content (AvgIpc) is 3.55. The number of halogens is 2. The third-order valence-corrected chi connectivity index (χ3v) is 9.98. The van der Waals surface area contributed by atoms with Crippen molar-refractivity contribution in [2.45, 2.75) is 11.8 Å². The number of esters is 1. The van der Waals surface area contributed by atoms with Crippen LogP contribution in [0.1, 0.15) is 5.56 Å². The summed E-state index contributed by atoms with van der Waals surface area (Å²) in [6.45, 7) is 10.4. The first-order valence-electron chi connectivity index (χ1n) is 12.9. The fourth-order valence-electron chi connectivity index (χ4n) is 5.29. The van der Waals surface area contributed by atoms with Gasteiger partial charge in [-0.3, -0.25) is 4.79 Å². The molecule has 0 atom stereocenters. The van der Waals surface area contributed by atoms with Crippen LogP contribution in [0.2, 0.25) is 0 Å². The number of aromatic nitrogens is 1. The fourth-order valence-corrected chi connectivity index (χ4v) is 7.51.